The van der Waals surface area contributed by atoms with Crippen LogP contribution in [0.1, 0.15) is 29.1 Å². The molecular weight excluding hydrogens is 222 g/mol. The van der Waals surface area contributed by atoms with Gasteiger partial charge >= 0.3 is 0 Å². The van der Waals surface area contributed by atoms with Crippen molar-refractivity contribution in [2.75, 3.05) is 0 Å². The maximum Gasteiger partial charge on any atom is 0.125 e. The summed E-state index contributed by atoms with van der Waals surface area (Å²) in [5.41, 5.74) is 9.87. The summed E-state index contributed by atoms with van der Waals surface area (Å²) >= 11 is 0. The van der Waals surface area contributed by atoms with E-state index in [0.29, 0.717) is 0 Å². The second-order valence-corrected chi connectivity index (χ2v) is 5.09. The molecule has 18 heavy (non-hydrogen) atoms. The SMILES string of the molecule is Cc1ncc2c(n1)CCC(N)(c1ccccc1)C2. The normalized spacial score (nSPS) is 22.6. The van der Waals surface area contributed by atoms with E-state index in [1.807, 2.05) is 31.3 Å². The quantitative estimate of drug-likeness (QED) is 0.829. The number of aromatic nitrogens is 2. The fourth-order valence-electron chi connectivity index (χ4n) is 2.69. The average Bonchev–Trinajstić information content (AvgIpc) is 2.40. The number of hydrogen-bond acceptors (Lipinski definition) is 3. The molecule has 0 fully saturated rings. The van der Waals surface area contributed by atoms with Crippen molar-refractivity contribution in [1.29, 1.82) is 0 Å². The van der Waals surface area contributed by atoms with Crippen molar-refractivity contribution in [3.05, 3.63) is 59.2 Å². The standard InChI is InChI=1S/C15H17N3/c1-11-17-10-12-9-15(16,8-7-14(12)18-11)13-5-3-2-4-6-13/h2-6,10H,7-9,16H2,1H3. The Bertz CT molecular complexity index is 565. The average molecular weight is 239 g/mol. The Balaban J connectivity index is 1.97. The van der Waals surface area contributed by atoms with Gasteiger partial charge in [0.2, 0.25) is 0 Å². The molecule has 0 saturated heterocycles. The largest absolute Gasteiger partial charge is 0.321 e. The van der Waals surface area contributed by atoms with Crippen LogP contribution >= 0.6 is 0 Å². The first-order valence-electron chi connectivity index (χ1n) is 6.33. The number of fused-ring (bicyclic) bond motifs is 1. The van der Waals surface area contributed by atoms with Gasteiger partial charge in [-0.3, -0.25) is 0 Å². The Kier molecular flexibility index (Phi) is 2.63. The number of nitrogens with zero attached hydrogens (tertiary/aromatic N) is 2. The Labute approximate surface area is 107 Å². The minimum absolute atomic E-state index is 0.271. The molecule has 1 atom stereocenters. The highest BCUT2D eigenvalue weighted by molar-refractivity contribution is 5.32. The number of rotatable bonds is 1. The molecule has 1 aromatic heterocycles. The second kappa shape index (κ2) is 4.18. The molecule has 0 aliphatic heterocycles. The summed E-state index contributed by atoms with van der Waals surface area (Å²) in [7, 11) is 0. The van der Waals surface area contributed by atoms with E-state index in [1.165, 1.54) is 16.8 Å². The summed E-state index contributed by atoms with van der Waals surface area (Å²) in [6, 6.07) is 10.3. The third-order valence-corrected chi connectivity index (χ3v) is 3.74. The van der Waals surface area contributed by atoms with E-state index >= 15 is 0 Å². The molecular formula is C15H17N3. The molecule has 3 rings (SSSR count). The molecule has 0 bridgehead atoms. The van der Waals surface area contributed by atoms with Gasteiger partial charge in [0, 0.05) is 17.4 Å². The van der Waals surface area contributed by atoms with E-state index < -0.39 is 0 Å². The zero-order chi connectivity index (χ0) is 12.6. The lowest BCUT2D eigenvalue weighted by molar-refractivity contribution is 0.379. The molecule has 2 aromatic rings. The minimum atomic E-state index is -0.271. The molecule has 0 spiro atoms. The van der Waals surface area contributed by atoms with Crippen LogP contribution in [0.3, 0.4) is 0 Å². The van der Waals surface area contributed by atoms with E-state index in [1.54, 1.807) is 0 Å². The topological polar surface area (TPSA) is 51.8 Å². The Morgan fingerprint density at radius 2 is 2.00 bits per heavy atom. The van der Waals surface area contributed by atoms with Crippen LogP contribution in [0.4, 0.5) is 0 Å². The third kappa shape index (κ3) is 1.91. The van der Waals surface area contributed by atoms with Gasteiger partial charge < -0.3 is 5.73 Å². The number of aryl methyl sites for hydroxylation is 2. The first kappa shape index (κ1) is 11.4. The van der Waals surface area contributed by atoms with Crippen LogP contribution in [0.5, 0.6) is 0 Å². The maximum atomic E-state index is 6.58. The number of hydrogen-bond donors (Lipinski definition) is 1. The predicted octanol–water partition coefficient (Wildman–Crippen LogP) is 2.13. The van der Waals surface area contributed by atoms with Crippen LogP contribution in [0.25, 0.3) is 0 Å². The molecule has 0 radical (unpaired) electrons. The number of nitrogens with two attached hydrogens (primary N) is 1. The zero-order valence-electron chi connectivity index (χ0n) is 10.6. The zero-order valence-corrected chi connectivity index (χ0v) is 10.6. The van der Waals surface area contributed by atoms with Gasteiger partial charge in [0.05, 0.1) is 0 Å². The lowest BCUT2D eigenvalue weighted by Crippen LogP contribution is -2.42. The summed E-state index contributed by atoms with van der Waals surface area (Å²) in [6.07, 6.45) is 4.64. The smallest absolute Gasteiger partial charge is 0.125 e. The predicted molar refractivity (Wildman–Crippen MR) is 71.1 cm³/mol. The lowest BCUT2D eigenvalue weighted by Gasteiger charge is -2.34. The molecule has 0 saturated carbocycles. The first-order valence-corrected chi connectivity index (χ1v) is 6.33. The second-order valence-electron chi connectivity index (χ2n) is 5.09. The monoisotopic (exact) mass is 239 g/mol. The van der Waals surface area contributed by atoms with Gasteiger partial charge in [-0.05, 0) is 37.3 Å². The number of benzene rings is 1. The fraction of sp³-hybridized carbons (Fsp3) is 0.333. The van der Waals surface area contributed by atoms with Crippen LogP contribution in [-0.2, 0) is 18.4 Å². The Hall–Kier alpha value is -1.74. The van der Waals surface area contributed by atoms with Gasteiger partial charge in [0.15, 0.2) is 0 Å². The van der Waals surface area contributed by atoms with Crippen LogP contribution < -0.4 is 5.73 Å². The summed E-state index contributed by atoms with van der Waals surface area (Å²) < 4.78 is 0. The van der Waals surface area contributed by atoms with Gasteiger partial charge in [-0.2, -0.15) is 0 Å². The summed E-state index contributed by atoms with van der Waals surface area (Å²) in [5, 5.41) is 0. The van der Waals surface area contributed by atoms with Crippen molar-refractivity contribution < 1.29 is 0 Å². The molecule has 3 heteroatoms. The van der Waals surface area contributed by atoms with Gasteiger partial charge in [-0.25, -0.2) is 9.97 Å². The van der Waals surface area contributed by atoms with Gasteiger partial charge in [-0.1, -0.05) is 30.3 Å². The Morgan fingerprint density at radius 3 is 2.78 bits per heavy atom. The molecule has 2 N–H and O–H groups in total. The molecule has 1 aliphatic carbocycles. The maximum absolute atomic E-state index is 6.58. The van der Waals surface area contributed by atoms with E-state index in [4.69, 9.17) is 5.73 Å². The van der Waals surface area contributed by atoms with Crippen LogP contribution in [-0.4, -0.2) is 9.97 Å². The summed E-state index contributed by atoms with van der Waals surface area (Å²) in [6.45, 7) is 1.93. The van der Waals surface area contributed by atoms with Crippen molar-refractivity contribution >= 4 is 0 Å². The van der Waals surface area contributed by atoms with Crippen LogP contribution in [0.2, 0.25) is 0 Å². The van der Waals surface area contributed by atoms with E-state index in [-0.39, 0.29) is 5.54 Å². The third-order valence-electron chi connectivity index (χ3n) is 3.74. The van der Waals surface area contributed by atoms with Gasteiger partial charge in [0.25, 0.3) is 0 Å². The van der Waals surface area contributed by atoms with E-state index in [2.05, 4.69) is 22.1 Å². The van der Waals surface area contributed by atoms with Crippen molar-refractivity contribution in [2.24, 2.45) is 5.73 Å². The van der Waals surface area contributed by atoms with Crippen molar-refractivity contribution in [3.63, 3.8) is 0 Å². The fourth-order valence-corrected chi connectivity index (χ4v) is 2.69. The highest BCUT2D eigenvalue weighted by Gasteiger charge is 2.32. The van der Waals surface area contributed by atoms with E-state index in [0.717, 1.165) is 25.1 Å². The molecule has 1 unspecified atom stereocenters. The van der Waals surface area contributed by atoms with Crippen LogP contribution in [0.15, 0.2) is 36.5 Å². The van der Waals surface area contributed by atoms with Crippen molar-refractivity contribution in [2.45, 2.75) is 31.7 Å². The molecule has 0 amide bonds. The molecule has 1 heterocycles. The molecule has 1 aromatic carbocycles. The van der Waals surface area contributed by atoms with Crippen molar-refractivity contribution in [1.82, 2.24) is 9.97 Å². The van der Waals surface area contributed by atoms with Gasteiger partial charge in [-0.15, -0.1) is 0 Å². The lowest BCUT2D eigenvalue weighted by atomic mass is 9.76. The van der Waals surface area contributed by atoms with Gasteiger partial charge in [0.1, 0.15) is 5.82 Å². The molecule has 1 aliphatic rings. The first-order chi connectivity index (χ1) is 8.67. The highest BCUT2D eigenvalue weighted by Crippen LogP contribution is 2.33. The van der Waals surface area contributed by atoms with Crippen LogP contribution in [0, 0.1) is 6.92 Å². The Morgan fingerprint density at radius 1 is 1.22 bits per heavy atom. The summed E-state index contributed by atoms with van der Waals surface area (Å²) in [4.78, 5) is 8.79. The summed E-state index contributed by atoms with van der Waals surface area (Å²) in [5.74, 6) is 0.845. The van der Waals surface area contributed by atoms with Crippen molar-refractivity contribution in [3.8, 4) is 0 Å². The minimum Gasteiger partial charge on any atom is -0.321 e. The molecule has 3 nitrogen and oxygen atoms in total. The molecule has 92 valence electrons. The highest BCUT2D eigenvalue weighted by atomic mass is 14.9. The van der Waals surface area contributed by atoms with E-state index in [9.17, 15) is 0 Å².